The van der Waals surface area contributed by atoms with Crippen LogP contribution in [0, 0.1) is 0 Å². The number of ether oxygens (including phenoxy) is 1. The highest BCUT2D eigenvalue weighted by molar-refractivity contribution is 6.42. The molecule has 0 fully saturated rings. The molecular formula is C14H14Cl2N2O3. The van der Waals surface area contributed by atoms with Crippen LogP contribution in [0.5, 0.6) is 0 Å². The number of benzene rings is 1. The topological polar surface area (TPSA) is 64.4 Å². The molecule has 2 rings (SSSR count). The van der Waals surface area contributed by atoms with Crippen molar-refractivity contribution in [3.63, 3.8) is 0 Å². The third-order valence-electron chi connectivity index (χ3n) is 2.74. The maximum Gasteiger partial charge on any atom is 0.273 e. The molecule has 1 aromatic heterocycles. The summed E-state index contributed by atoms with van der Waals surface area (Å²) < 4.78 is 10.1. The van der Waals surface area contributed by atoms with E-state index < -0.39 is 0 Å². The molecule has 0 unspecified atom stereocenters. The van der Waals surface area contributed by atoms with Gasteiger partial charge >= 0.3 is 0 Å². The first-order valence-electron chi connectivity index (χ1n) is 6.23. The Hall–Kier alpha value is -1.56. The summed E-state index contributed by atoms with van der Waals surface area (Å²) in [4.78, 5) is 12.0. The van der Waals surface area contributed by atoms with Gasteiger partial charge in [0.2, 0.25) is 0 Å². The zero-order chi connectivity index (χ0) is 15.4. The van der Waals surface area contributed by atoms with Crippen LogP contribution < -0.4 is 5.32 Å². The Balaban J connectivity index is 2.13. The Morgan fingerprint density at radius 3 is 2.81 bits per heavy atom. The molecule has 1 atom stereocenters. The van der Waals surface area contributed by atoms with E-state index in [0.29, 0.717) is 28.0 Å². The minimum Gasteiger partial charge on any atom is -0.383 e. The maximum absolute atomic E-state index is 12.0. The minimum absolute atomic E-state index is 0.118. The second-order valence-corrected chi connectivity index (χ2v) is 5.35. The van der Waals surface area contributed by atoms with Crippen molar-refractivity contribution in [1.29, 1.82) is 0 Å². The fraction of sp³-hybridized carbons (Fsp3) is 0.286. The quantitative estimate of drug-likeness (QED) is 0.913. The molecular weight excluding hydrogens is 315 g/mol. The zero-order valence-electron chi connectivity index (χ0n) is 11.5. The van der Waals surface area contributed by atoms with Crippen LogP contribution in [0.25, 0.3) is 11.3 Å². The SMILES string of the molecule is COC[C@H](C)NC(=O)c1cc(-c2ccc(Cl)c(Cl)c2)on1. The first-order valence-corrected chi connectivity index (χ1v) is 6.98. The van der Waals surface area contributed by atoms with Gasteiger partial charge in [0.05, 0.1) is 16.7 Å². The number of halogens is 2. The van der Waals surface area contributed by atoms with Crippen molar-refractivity contribution < 1.29 is 14.1 Å². The minimum atomic E-state index is -0.324. The second-order valence-electron chi connectivity index (χ2n) is 4.54. The zero-order valence-corrected chi connectivity index (χ0v) is 13.0. The monoisotopic (exact) mass is 328 g/mol. The molecule has 5 nitrogen and oxygen atoms in total. The summed E-state index contributed by atoms with van der Waals surface area (Å²) in [5.74, 6) is 0.118. The van der Waals surface area contributed by atoms with Gasteiger partial charge in [-0.3, -0.25) is 4.79 Å². The molecule has 0 aliphatic rings. The maximum atomic E-state index is 12.0. The molecule has 112 valence electrons. The molecule has 1 aromatic carbocycles. The molecule has 0 aliphatic heterocycles. The van der Waals surface area contributed by atoms with Crippen LogP contribution in [0.3, 0.4) is 0 Å². The number of nitrogens with zero attached hydrogens (tertiary/aromatic N) is 1. The normalized spacial score (nSPS) is 12.2. The van der Waals surface area contributed by atoms with Crippen LogP contribution in [0.15, 0.2) is 28.8 Å². The molecule has 0 spiro atoms. The first kappa shape index (κ1) is 15.8. The van der Waals surface area contributed by atoms with E-state index >= 15 is 0 Å². The standard InChI is InChI=1S/C14H14Cl2N2O3/c1-8(7-20-2)17-14(19)12-6-13(21-18-12)9-3-4-10(15)11(16)5-9/h3-6,8H,7H2,1-2H3,(H,17,19)/t8-/m0/s1. The highest BCUT2D eigenvalue weighted by Crippen LogP contribution is 2.28. The van der Waals surface area contributed by atoms with Crippen molar-refractivity contribution in [2.45, 2.75) is 13.0 Å². The van der Waals surface area contributed by atoms with Crippen LogP contribution in [0.2, 0.25) is 10.0 Å². The third-order valence-corrected chi connectivity index (χ3v) is 3.48. The number of nitrogens with one attached hydrogen (secondary N) is 1. The third kappa shape index (κ3) is 3.97. The summed E-state index contributed by atoms with van der Waals surface area (Å²) in [7, 11) is 1.57. The van der Waals surface area contributed by atoms with Gasteiger partial charge in [0.25, 0.3) is 5.91 Å². The largest absolute Gasteiger partial charge is 0.383 e. The van der Waals surface area contributed by atoms with Gasteiger partial charge in [-0.1, -0.05) is 28.4 Å². The molecule has 21 heavy (non-hydrogen) atoms. The highest BCUT2D eigenvalue weighted by Gasteiger charge is 2.16. The lowest BCUT2D eigenvalue weighted by Gasteiger charge is -2.10. The molecule has 0 radical (unpaired) electrons. The van der Waals surface area contributed by atoms with Crippen molar-refractivity contribution in [2.24, 2.45) is 0 Å². The number of rotatable bonds is 5. The fourth-order valence-electron chi connectivity index (χ4n) is 1.76. The van der Waals surface area contributed by atoms with Crippen molar-refractivity contribution in [1.82, 2.24) is 10.5 Å². The van der Waals surface area contributed by atoms with E-state index in [1.165, 1.54) is 0 Å². The molecule has 0 saturated carbocycles. The number of carbonyl (C=O) groups is 1. The average molecular weight is 329 g/mol. The van der Waals surface area contributed by atoms with Crippen LogP contribution in [-0.2, 0) is 4.74 Å². The number of hydrogen-bond acceptors (Lipinski definition) is 4. The van der Waals surface area contributed by atoms with Gasteiger partial charge in [-0.15, -0.1) is 0 Å². The van der Waals surface area contributed by atoms with Gasteiger partial charge in [0, 0.05) is 24.8 Å². The Labute approximate surface area is 132 Å². The smallest absolute Gasteiger partial charge is 0.273 e. The van der Waals surface area contributed by atoms with Crippen LogP contribution in [0.4, 0.5) is 0 Å². The molecule has 1 heterocycles. The number of aromatic nitrogens is 1. The van der Waals surface area contributed by atoms with Crippen molar-refractivity contribution in [2.75, 3.05) is 13.7 Å². The summed E-state index contributed by atoms with van der Waals surface area (Å²) in [6, 6.07) is 6.48. The van der Waals surface area contributed by atoms with E-state index in [-0.39, 0.29) is 17.6 Å². The molecule has 1 N–H and O–H groups in total. The number of carbonyl (C=O) groups excluding carboxylic acids is 1. The van der Waals surface area contributed by atoms with E-state index in [0.717, 1.165) is 0 Å². The fourth-order valence-corrected chi connectivity index (χ4v) is 2.06. The van der Waals surface area contributed by atoms with Crippen molar-refractivity contribution in [3.05, 3.63) is 40.0 Å². The number of amides is 1. The predicted molar refractivity (Wildman–Crippen MR) is 80.8 cm³/mol. The van der Waals surface area contributed by atoms with E-state index in [1.807, 2.05) is 6.92 Å². The molecule has 1 amide bonds. The predicted octanol–water partition coefficient (Wildman–Crippen LogP) is 3.41. The van der Waals surface area contributed by atoms with Crippen LogP contribution in [0.1, 0.15) is 17.4 Å². The van der Waals surface area contributed by atoms with Gasteiger partial charge in [0.15, 0.2) is 11.5 Å². The van der Waals surface area contributed by atoms with Gasteiger partial charge in [-0.2, -0.15) is 0 Å². The Morgan fingerprint density at radius 1 is 1.38 bits per heavy atom. The molecule has 0 saturated heterocycles. The summed E-state index contributed by atoms with van der Waals surface area (Å²) in [5, 5.41) is 7.36. The van der Waals surface area contributed by atoms with Gasteiger partial charge in [0.1, 0.15) is 0 Å². The second kappa shape index (κ2) is 6.93. The molecule has 2 aromatic rings. The van der Waals surface area contributed by atoms with E-state index in [4.69, 9.17) is 32.5 Å². The number of hydrogen-bond donors (Lipinski definition) is 1. The van der Waals surface area contributed by atoms with Gasteiger partial charge in [-0.25, -0.2) is 0 Å². The van der Waals surface area contributed by atoms with E-state index in [9.17, 15) is 4.79 Å². The van der Waals surface area contributed by atoms with E-state index in [2.05, 4.69) is 10.5 Å². The summed E-state index contributed by atoms with van der Waals surface area (Å²) in [5.41, 5.74) is 0.889. The Morgan fingerprint density at radius 2 is 2.14 bits per heavy atom. The summed E-state index contributed by atoms with van der Waals surface area (Å²) >= 11 is 11.8. The molecule has 0 aliphatic carbocycles. The lowest BCUT2D eigenvalue weighted by Crippen LogP contribution is -2.35. The summed E-state index contributed by atoms with van der Waals surface area (Å²) in [6.45, 7) is 2.25. The highest BCUT2D eigenvalue weighted by atomic mass is 35.5. The first-order chi connectivity index (χ1) is 10.0. The average Bonchev–Trinajstić information content (AvgIpc) is 2.92. The lowest BCUT2D eigenvalue weighted by atomic mass is 10.1. The molecule has 0 bridgehead atoms. The van der Waals surface area contributed by atoms with Crippen LogP contribution in [-0.4, -0.2) is 30.8 Å². The van der Waals surface area contributed by atoms with Gasteiger partial charge in [-0.05, 0) is 25.1 Å². The number of methoxy groups -OCH3 is 1. The van der Waals surface area contributed by atoms with Crippen LogP contribution >= 0.6 is 23.2 Å². The van der Waals surface area contributed by atoms with Gasteiger partial charge < -0.3 is 14.6 Å². The Bertz CT molecular complexity index is 643. The van der Waals surface area contributed by atoms with Crippen molar-refractivity contribution >= 4 is 29.1 Å². The summed E-state index contributed by atoms with van der Waals surface area (Å²) in [6.07, 6.45) is 0. The van der Waals surface area contributed by atoms with Crippen molar-refractivity contribution in [3.8, 4) is 11.3 Å². The molecule has 7 heteroatoms. The Kier molecular flexibility index (Phi) is 5.22. The lowest BCUT2D eigenvalue weighted by molar-refractivity contribution is 0.0896. The van der Waals surface area contributed by atoms with E-state index in [1.54, 1.807) is 31.4 Å².